The monoisotopic (exact) mass is 286 g/mol. The molecule has 1 aromatic rings. The average Bonchev–Trinajstić information content (AvgIpc) is 2.67. The number of benzene rings is 1. The van der Waals surface area contributed by atoms with Crippen LogP contribution in [-0.4, -0.2) is 12.9 Å². The Labute approximate surface area is 127 Å². The van der Waals surface area contributed by atoms with Crippen LogP contribution >= 0.6 is 0 Å². The predicted molar refractivity (Wildman–Crippen MR) is 84.9 cm³/mol. The van der Waals surface area contributed by atoms with Gasteiger partial charge in [0.05, 0.1) is 7.11 Å². The van der Waals surface area contributed by atoms with E-state index in [9.17, 15) is 4.79 Å². The highest BCUT2D eigenvalue weighted by atomic mass is 16.5. The standard InChI is InChI=1S/C19H26O2/c1-13-6-3-4-8-16(13)18-9-5-7-14-12-15(21-2)10-11-17(14)19(18)20/h10-13,16,18H,3-9H2,1-2H3. The Morgan fingerprint density at radius 3 is 2.67 bits per heavy atom. The molecule has 21 heavy (non-hydrogen) atoms. The minimum absolute atomic E-state index is 0.245. The van der Waals surface area contributed by atoms with Gasteiger partial charge in [-0.05, 0) is 61.3 Å². The van der Waals surface area contributed by atoms with Gasteiger partial charge in [-0.15, -0.1) is 0 Å². The maximum atomic E-state index is 13.0. The minimum Gasteiger partial charge on any atom is -0.497 e. The van der Waals surface area contributed by atoms with Gasteiger partial charge in [0.2, 0.25) is 0 Å². The third-order valence-corrected chi connectivity index (χ3v) is 5.57. The Bertz CT molecular complexity index is 520. The molecule has 2 aliphatic carbocycles. The van der Waals surface area contributed by atoms with E-state index in [-0.39, 0.29) is 5.92 Å². The van der Waals surface area contributed by atoms with E-state index in [0.29, 0.717) is 17.6 Å². The highest BCUT2D eigenvalue weighted by Crippen LogP contribution is 2.40. The van der Waals surface area contributed by atoms with Crippen molar-refractivity contribution in [2.24, 2.45) is 17.8 Å². The zero-order valence-corrected chi connectivity index (χ0v) is 13.2. The van der Waals surface area contributed by atoms with Gasteiger partial charge in [0, 0.05) is 11.5 Å². The first-order chi connectivity index (χ1) is 10.2. The molecule has 114 valence electrons. The summed E-state index contributed by atoms with van der Waals surface area (Å²) in [7, 11) is 1.69. The number of carbonyl (C=O) groups is 1. The molecule has 0 bridgehead atoms. The summed E-state index contributed by atoms with van der Waals surface area (Å²) in [6.07, 6.45) is 8.37. The van der Waals surface area contributed by atoms with Crippen molar-refractivity contribution >= 4 is 5.78 Å². The summed E-state index contributed by atoms with van der Waals surface area (Å²) in [6.45, 7) is 2.34. The topological polar surface area (TPSA) is 26.3 Å². The van der Waals surface area contributed by atoms with Gasteiger partial charge in [0.15, 0.2) is 5.78 Å². The number of aryl methyl sites for hydroxylation is 1. The Kier molecular flexibility index (Phi) is 4.32. The lowest BCUT2D eigenvalue weighted by atomic mass is 9.70. The molecule has 0 spiro atoms. The number of hydrogen-bond donors (Lipinski definition) is 0. The molecule has 3 unspecified atom stereocenters. The van der Waals surface area contributed by atoms with Gasteiger partial charge in [-0.1, -0.05) is 26.2 Å². The fraction of sp³-hybridized carbons (Fsp3) is 0.632. The van der Waals surface area contributed by atoms with E-state index in [4.69, 9.17) is 4.74 Å². The number of methoxy groups -OCH3 is 1. The van der Waals surface area contributed by atoms with Crippen LogP contribution < -0.4 is 4.74 Å². The number of Topliss-reactive ketones (excluding diaryl/α,β-unsaturated/α-hetero) is 1. The summed E-state index contributed by atoms with van der Waals surface area (Å²) in [6, 6.07) is 5.98. The number of ether oxygens (including phenoxy) is 1. The van der Waals surface area contributed by atoms with E-state index in [1.807, 2.05) is 12.1 Å². The maximum absolute atomic E-state index is 13.0. The minimum atomic E-state index is 0.245. The van der Waals surface area contributed by atoms with Crippen molar-refractivity contribution in [3.63, 3.8) is 0 Å². The molecular weight excluding hydrogens is 260 g/mol. The normalized spacial score (nSPS) is 29.6. The molecule has 0 aliphatic heterocycles. The van der Waals surface area contributed by atoms with Crippen molar-refractivity contribution < 1.29 is 9.53 Å². The van der Waals surface area contributed by atoms with Gasteiger partial charge in [-0.2, -0.15) is 0 Å². The van der Waals surface area contributed by atoms with E-state index in [1.54, 1.807) is 7.11 Å². The SMILES string of the molecule is COc1ccc2c(c1)CCCC(C1CCCCC1C)C2=O. The predicted octanol–water partition coefficient (Wildman–Crippen LogP) is 4.66. The molecule has 0 heterocycles. The van der Waals surface area contributed by atoms with E-state index in [1.165, 1.54) is 31.2 Å². The second-order valence-corrected chi connectivity index (χ2v) is 6.81. The average molecular weight is 286 g/mol. The molecular formula is C19H26O2. The Balaban J connectivity index is 1.89. The van der Waals surface area contributed by atoms with E-state index in [0.717, 1.165) is 30.6 Å². The van der Waals surface area contributed by atoms with Gasteiger partial charge < -0.3 is 4.74 Å². The maximum Gasteiger partial charge on any atom is 0.166 e. The highest BCUT2D eigenvalue weighted by molar-refractivity contribution is 5.99. The third kappa shape index (κ3) is 2.86. The second kappa shape index (κ2) is 6.21. The first-order valence-corrected chi connectivity index (χ1v) is 8.42. The first-order valence-electron chi connectivity index (χ1n) is 8.42. The van der Waals surface area contributed by atoms with Gasteiger partial charge >= 0.3 is 0 Å². The molecule has 0 saturated heterocycles. The van der Waals surface area contributed by atoms with Gasteiger partial charge in [-0.25, -0.2) is 0 Å². The lowest BCUT2D eigenvalue weighted by Gasteiger charge is -2.34. The number of fused-ring (bicyclic) bond motifs is 1. The molecule has 3 atom stereocenters. The molecule has 0 radical (unpaired) electrons. The van der Waals surface area contributed by atoms with Crippen LogP contribution in [0, 0.1) is 17.8 Å². The van der Waals surface area contributed by atoms with E-state index < -0.39 is 0 Å². The van der Waals surface area contributed by atoms with Crippen molar-refractivity contribution in [1.29, 1.82) is 0 Å². The smallest absolute Gasteiger partial charge is 0.166 e. The van der Waals surface area contributed by atoms with Crippen LogP contribution in [0.2, 0.25) is 0 Å². The quantitative estimate of drug-likeness (QED) is 0.739. The Hall–Kier alpha value is -1.31. The van der Waals surface area contributed by atoms with Gasteiger partial charge in [0.1, 0.15) is 5.75 Å². The van der Waals surface area contributed by atoms with Crippen molar-refractivity contribution in [3.8, 4) is 5.75 Å². The summed E-state index contributed by atoms with van der Waals surface area (Å²) in [5.74, 6) is 2.80. The Morgan fingerprint density at radius 2 is 1.90 bits per heavy atom. The van der Waals surface area contributed by atoms with Crippen molar-refractivity contribution in [2.75, 3.05) is 7.11 Å². The number of carbonyl (C=O) groups excluding carboxylic acids is 1. The van der Waals surface area contributed by atoms with Gasteiger partial charge in [0.25, 0.3) is 0 Å². The highest BCUT2D eigenvalue weighted by Gasteiger charge is 2.35. The lowest BCUT2D eigenvalue weighted by molar-refractivity contribution is 0.0780. The third-order valence-electron chi connectivity index (χ3n) is 5.57. The second-order valence-electron chi connectivity index (χ2n) is 6.81. The number of rotatable bonds is 2. The molecule has 1 saturated carbocycles. The molecule has 0 amide bonds. The van der Waals surface area contributed by atoms with Crippen LogP contribution in [0.25, 0.3) is 0 Å². The fourth-order valence-electron chi connectivity index (χ4n) is 4.34. The summed E-state index contributed by atoms with van der Waals surface area (Å²) < 4.78 is 5.31. The molecule has 2 aliphatic rings. The van der Waals surface area contributed by atoms with Crippen LogP contribution in [0.5, 0.6) is 5.75 Å². The van der Waals surface area contributed by atoms with Crippen molar-refractivity contribution in [1.82, 2.24) is 0 Å². The molecule has 0 N–H and O–H groups in total. The zero-order chi connectivity index (χ0) is 14.8. The summed E-state index contributed by atoms with van der Waals surface area (Å²) in [5, 5.41) is 0. The largest absolute Gasteiger partial charge is 0.497 e. The first kappa shape index (κ1) is 14.6. The van der Waals surface area contributed by atoms with Gasteiger partial charge in [-0.3, -0.25) is 4.79 Å². The molecule has 2 nitrogen and oxygen atoms in total. The molecule has 1 fully saturated rings. The van der Waals surface area contributed by atoms with Crippen molar-refractivity contribution in [2.45, 2.75) is 51.9 Å². The fourth-order valence-corrected chi connectivity index (χ4v) is 4.34. The van der Waals surface area contributed by atoms with Crippen LogP contribution in [0.4, 0.5) is 0 Å². The zero-order valence-electron chi connectivity index (χ0n) is 13.2. The molecule has 3 rings (SSSR count). The summed E-state index contributed by atoms with van der Waals surface area (Å²) in [5.41, 5.74) is 2.14. The van der Waals surface area contributed by atoms with Crippen LogP contribution in [0.1, 0.15) is 61.4 Å². The molecule has 2 heteroatoms. The summed E-state index contributed by atoms with van der Waals surface area (Å²) in [4.78, 5) is 13.0. The Morgan fingerprint density at radius 1 is 1.10 bits per heavy atom. The lowest BCUT2D eigenvalue weighted by Crippen LogP contribution is -2.30. The number of ketones is 1. The van der Waals surface area contributed by atoms with Crippen LogP contribution in [0.15, 0.2) is 18.2 Å². The molecule has 0 aromatic heterocycles. The van der Waals surface area contributed by atoms with Crippen LogP contribution in [0.3, 0.4) is 0 Å². The number of hydrogen-bond acceptors (Lipinski definition) is 2. The van der Waals surface area contributed by atoms with Crippen molar-refractivity contribution in [3.05, 3.63) is 29.3 Å². The van der Waals surface area contributed by atoms with E-state index in [2.05, 4.69) is 13.0 Å². The van der Waals surface area contributed by atoms with Crippen LogP contribution in [-0.2, 0) is 6.42 Å². The van der Waals surface area contributed by atoms with E-state index >= 15 is 0 Å². The summed E-state index contributed by atoms with van der Waals surface area (Å²) >= 11 is 0. The molecule has 1 aromatic carbocycles.